The SMILES string of the molecule is CCOC(=O)N1CCCCc2ccc(C(C)=O)cc21. The van der Waals surface area contributed by atoms with Crippen molar-refractivity contribution in [2.75, 3.05) is 18.1 Å². The molecule has 4 heteroatoms. The predicted molar refractivity (Wildman–Crippen MR) is 73.8 cm³/mol. The molecule has 0 saturated carbocycles. The molecule has 1 aromatic carbocycles. The van der Waals surface area contributed by atoms with E-state index in [9.17, 15) is 9.59 Å². The molecule has 1 aliphatic rings. The Morgan fingerprint density at radius 1 is 1.32 bits per heavy atom. The molecule has 0 fully saturated rings. The first kappa shape index (κ1) is 13.6. The molecule has 0 radical (unpaired) electrons. The number of hydrogen-bond acceptors (Lipinski definition) is 3. The Morgan fingerprint density at radius 2 is 2.11 bits per heavy atom. The van der Waals surface area contributed by atoms with E-state index in [1.165, 1.54) is 6.92 Å². The molecule has 0 bridgehead atoms. The highest BCUT2D eigenvalue weighted by Gasteiger charge is 2.22. The number of rotatable bonds is 2. The second kappa shape index (κ2) is 5.87. The van der Waals surface area contributed by atoms with E-state index in [0.717, 1.165) is 30.5 Å². The zero-order valence-corrected chi connectivity index (χ0v) is 11.4. The van der Waals surface area contributed by atoms with E-state index in [2.05, 4.69) is 0 Å². The average Bonchev–Trinajstić information content (AvgIpc) is 2.60. The third-order valence-electron chi connectivity index (χ3n) is 3.35. The van der Waals surface area contributed by atoms with E-state index < -0.39 is 0 Å². The molecule has 1 aromatic rings. The molecule has 1 heterocycles. The zero-order chi connectivity index (χ0) is 13.8. The maximum absolute atomic E-state index is 12.0. The van der Waals surface area contributed by atoms with Crippen LogP contribution in [-0.2, 0) is 11.2 Å². The third-order valence-corrected chi connectivity index (χ3v) is 3.35. The molecule has 19 heavy (non-hydrogen) atoms. The van der Waals surface area contributed by atoms with Crippen LogP contribution in [0.3, 0.4) is 0 Å². The standard InChI is InChI=1S/C15H19NO3/c1-3-19-15(18)16-9-5-4-6-12-7-8-13(11(2)17)10-14(12)16/h7-8,10H,3-6,9H2,1-2H3. The Hall–Kier alpha value is -1.84. The van der Waals surface area contributed by atoms with Crippen LogP contribution in [0.4, 0.5) is 10.5 Å². The van der Waals surface area contributed by atoms with Crippen LogP contribution in [0, 0.1) is 0 Å². The maximum atomic E-state index is 12.0. The minimum atomic E-state index is -0.327. The summed E-state index contributed by atoms with van der Waals surface area (Å²) in [7, 11) is 0. The van der Waals surface area contributed by atoms with E-state index in [1.807, 2.05) is 12.1 Å². The number of amides is 1. The van der Waals surface area contributed by atoms with Gasteiger partial charge in [-0.15, -0.1) is 0 Å². The number of carbonyl (C=O) groups excluding carboxylic acids is 2. The van der Waals surface area contributed by atoms with Crippen LogP contribution in [0.5, 0.6) is 0 Å². The van der Waals surface area contributed by atoms with Crippen LogP contribution in [0.15, 0.2) is 18.2 Å². The molecule has 0 unspecified atom stereocenters. The van der Waals surface area contributed by atoms with E-state index in [1.54, 1.807) is 17.9 Å². The van der Waals surface area contributed by atoms with Gasteiger partial charge in [0.2, 0.25) is 0 Å². The number of nitrogens with zero attached hydrogens (tertiary/aromatic N) is 1. The van der Waals surface area contributed by atoms with Gasteiger partial charge in [-0.2, -0.15) is 0 Å². The lowest BCUT2D eigenvalue weighted by Crippen LogP contribution is -2.32. The monoisotopic (exact) mass is 261 g/mol. The predicted octanol–water partition coefficient (Wildman–Crippen LogP) is 3.19. The number of Topliss-reactive ketones (excluding diaryl/α,β-unsaturated/α-hetero) is 1. The van der Waals surface area contributed by atoms with Crippen molar-refractivity contribution >= 4 is 17.6 Å². The number of benzene rings is 1. The van der Waals surface area contributed by atoms with Gasteiger partial charge in [0.05, 0.1) is 12.3 Å². The summed E-state index contributed by atoms with van der Waals surface area (Å²) < 4.78 is 5.10. The summed E-state index contributed by atoms with van der Waals surface area (Å²) in [4.78, 5) is 25.1. The summed E-state index contributed by atoms with van der Waals surface area (Å²) in [5.41, 5.74) is 2.56. The summed E-state index contributed by atoms with van der Waals surface area (Å²) in [6.07, 6.45) is 2.60. The minimum absolute atomic E-state index is 0.0101. The van der Waals surface area contributed by atoms with Crippen LogP contribution >= 0.6 is 0 Å². The summed E-state index contributed by atoms with van der Waals surface area (Å²) in [5.74, 6) is 0.0101. The molecule has 1 aliphatic heterocycles. The van der Waals surface area contributed by atoms with Crippen LogP contribution in [0.25, 0.3) is 0 Å². The topological polar surface area (TPSA) is 46.6 Å². The van der Waals surface area contributed by atoms with Crippen molar-refractivity contribution in [2.24, 2.45) is 0 Å². The molecule has 2 rings (SSSR count). The molecule has 4 nitrogen and oxygen atoms in total. The second-order valence-corrected chi connectivity index (χ2v) is 4.71. The van der Waals surface area contributed by atoms with Crippen molar-refractivity contribution in [3.8, 4) is 0 Å². The number of aryl methyl sites for hydroxylation is 1. The highest BCUT2D eigenvalue weighted by Crippen LogP contribution is 2.28. The first-order chi connectivity index (χ1) is 9.13. The van der Waals surface area contributed by atoms with Gasteiger partial charge in [-0.3, -0.25) is 9.69 Å². The first-order valence-electron chi connectivity index (χ1n) is 6.71. The van der Waals surface area contributed by atoms with Crippen molar-refractivity contribution in [2.45, 2.75) is 33.1 Å². The molecule has 1 amide bonds. The summed E-state index contributed by atoms with van der Waals surface area (Å²) in [6.45, 7) is 4.33. The Labute approximate surface area is 113 Å². The molecular formula is C15H19NO3. The molecule has 0 aromatic heterocycles. The summed E-state index contributed by atoms with van der Waals surface area (Å²) in [5, 5.41) is 0. The fraction of sp³-hybridized carbons (Fsp3) is 0.467. The molecule has 102 valence electrons. The molecular weight excluding hydrogens is 242 g/mol. The van der Waals surface area contributed by atoms with Gasteiger partial charge in [0.1, 0.15) is 0 Å². The normalized spacial score (nSPS) is 14.5. The van der Waals surface area contributed by atoms with Gasteiger partial charge in [0.15, 0.2) is 5.78 Å². The van der Waals surface area contributed by atoms with E-state index >= 15 is 0 Å². The molecule has 0 spiro atoms. The third kappa shape index (κ3) is 2.95. The van der Waals surface area contributed by atoms with E-state index in [-0.39, 0.29) is 11.9 Å². The second-order valence-electron chi connectivity index (χ2n) is 4.71. The maximum Gasteiger partial charge on any atom is 0.414 e. The van der Waals surface area contributed by atoms with Crippen molar-refractivity contribution in [3.63, 3.8) is 0 Å². The summed E-state index contributed by atoms with van der Waals surface area (Å²) in [6, 6.07) is 5.58. The zero-order valence-electron chi connectivity index (χ0n) is 11.4. The first-order valence-corrected chi connectivity index (χ1v) is 6.71. The van der Waals surface area contributed by atoms with Crippen molar-refractivity contribution in [1.29, 1.82) is 0 Å². The number of ether oxygens (including phenoxy) is 1. The Balaban J connectivity index is 2.41. The van der Waals surface area contributed by atoms with Gasteiger partial charge in [-0.25, -0.2) is 4.79 Å². The largest absolute Gasteiger partial charge is 0.449 e. The lowest BCUT2D eigenvalue weighted by molar-refractivity contribution is 0.101. The highest BCUT2D eigenvalue weighted by atomic mass is 16.6. The Morgan fingerprint density at radius 3 is 2.79 bits per heavy atom. The van der Waals surface area contributed by atoms with Gasteiger partial charge in [-0.1, -0.05) is 12.1 Å². The number of ketones is 1. The quantitative estimate of drug-likeness (QED) is 0.768. The number of anilines is 1. The molecule has 0 aliphatic carbocycles. The summed E-state index contributed by atoms with van der Waals surface area (Å²) >= 11 is 0. The lowest BCUT2D eigenvalue weighted by atomic mass is 10.0. The number of carbonyl (C=O) groups is 2. The Kier molecular flexibility index (Phi) is 4.20. The average molecular weight is 261 g/mol. The van der Waals surface area contributed by atoms with Crippen molar-refractivity contribution in [1.82, 2.24) is 0 Å². The van der Waals surface area contributed by atoms with Gasteiger partial charge >= 0.3 is 6.09 Å². The molecule has 0 N–H and O–H groups in total. The van der Waals surface area contributed by atoms with E-state index in [0.29, 0.717) is 18.7 Å². The Bertz CT molecular complexity index is 496. The van der Waals surface area contributed by atoms with Gasteiger partial charge in [-0.05, 0) is 44.7 Å². The highest BCUT2D eigenvalue weighted by molar-refractivity contribution is 5.97. The van der Waals surface area contributed by atoms with Crippen LogP contribution in [0.1, 0.15) is 42.6 Å². The number of fused-ring (bicyclic) bond motifs is 1. The smallest absolute Gasteiger partial charge is 0.414 e. The van der Waals surface area contributed by atoms with Gasteiger partial charge in [0, 0.05) is 12.1 Å². The van der Waals surface area contributed by atoms with Crippen molar-refractivity contribution < 1.29 is 14.3 Å². The van der Waals surface area contributed by atoms with Gasteiger partial charge in [0.25, 0.3) is 0 Å². The fourth-order valence-electron chi connectivity index (χ4n) is 2.34. The number of hydrogen-bond donors (Lipinski definition) is 0. The minimum Gasteiger partial charge on any atom is -0.449 e. The lowest BCUT2D eigenvalue weighted by Gasteiger charge is -2.22. The van der Waals surface area contributed by atoms with Crippen molar-refractivity contribution in [3.05, 3.63) is 29.3 Å². The van der Waals surface area contributed by atoms with Crippen LogP contribution in [-0.4, -0.2) is 25.0 Å². The van der Waals surface area contributed by atoms with Gasteiger partial charge < -0.3 is 4.74 Å². The fourth-order valence-corrected chi connectivity index (χ4v) is 2.34. The molecule has 0 saturated heterocycles. The molecule has 0 atom stereocenters. The van der Waals surface area contributed by atoms with E-state index in [4.69, 9.17) is 4.74 Å². The van der Waals surface area contributed by atoms with Crippen LogP contribution in [0.2, 0.25) is 0 Å². The van der Waals surface area contributed by atoms with Crippen LogP contribution < -0.4 is 4.90 Å².